The second kappa shape index (κ2) is 7.42. The van der Waals surface area contributed by atoms with Crippen LogP contribution in [-0.4, -0.2) is 35.3 Å². The Bertz CT molecular complexity index is 694. The van der Waals surface area contributed by atoms with Crippen molar-refractivity contribution in [2.75, 3.05) is 0 Å². The van der Waals surface area contributed by atoms with E-state index in [1.165, 1.54) is 0 Å². The van der Waals surface area contributed by atoms with Crippen molar-refractivity contribution in [3.05, 3.63) is 35.1 Å². The van der Waals surface area contributed by atoms with E-state index in [4.69, 9.17) is 5.73 Å². The van der Waals surface area contributed by atoms with Gasteiger partial charge in [-0.05, 0) is 31.0 Å². The third kappa shape index (κ3) is 4.38. The minimum absolute atomic E-state index is 0.113. The molecule has 0 unspecified atom stereocenters. The lowest BCUT2D eigenvalue weighted by Gasteiger charge is -2.39. The van der Waals surface area contributed by atoms with Gasteiger partial charge >= 0.3 is 12.2 Å². The zero-order chi connectivity index (χ0) is 19.6. The number of primary amides is 1. The second-order valence-corrected chi connectivity index (χ2v) is 5.81. The molecule has 0 spiro atoms. The largest absolute Gasteiger partial charge is 0.416 e. The maximum atomic E-state index is 13.9. The van der Waals surface area contributed by atoms with Crippen LogP contribution in [0.4, 0.5) is 31.1 Å². The Balaban J connectivity index is 2.33. The van der Waals surface area contributed by atoms with Gasteiger partial charge in [-0.2, -0.15) is 13.2 Å². The molecule has 1 heterocycles. The number of piperidine rings is 1. The molecule has 3 amide bonds. The minimum Gasteiger partial charge on any atom is -0.352 e. The number of alkyl halides is 5. The van der Waals surface area contributed by atoms with Crippen molar-refractivity contribution < 1.29 is 35.9 Å². The molecule has 1 fully saturated rings. The van der Waals surface area contributed by atoms with E-state index >= 15 is 0 Å². The van der Waals surface area contributed by atoms with E-state index in [-0.39, 0.29) is 12.8 Å². The normalized spacial score (nSPS) is 21.2. The Labute approximate surface area is 144 Å². The van der Waals surface area contributed by atoms with Crippen LogP contribution in [0.15, 0.2) is 18.2 Å². The fourth-order valence-corrected chi connectivity index (χ4v) is 2.80. The highest BCUT2D eigenvalue weighted by Crippen LogP contribution is 2.32. The average molecular weight is 383 g/mol. The maximum absolute atomic E-state index is 13.9. The second-order valence-electron chi connectivity index (χ2n) is 5.81. The fraction of sp³-hybridized carbons (Fsp3) is 0.467. The molecule has 144 valence electrons. The highest BCUT2D eigenvalue weighted by Gasteiger charge is 2.40. The van der Waals surface area contributed by atoms with Gasteiger partial charge in [0.25, 0.3) is 6.43 Å². The van der Waals surface area contributed by atoms with Gasteiger partial charge in [-0.25, -0.2) is 18.0 Å². The first kappa shape index (κ1) is 19.9. The number of hydrogen-bond donors (Lipinski definition) is 2. The van der Waals surface area contributed by atoms with Crippen LogP contribution in [0, 0.1) is 5.82 Å². The summed E-state index contributed by atoms with van der Waals surface area (Å²) in [5, 5.41) is 2.09. The summed E-state index contributed by atoms with van der Waals surface area (Å²) >= 11 is 0. The average Bonchev–Trinajstić information content (AvgIpc) is 2.51. The van der Waals surface area contributed by atoms with Gasteiger partial charge in [-0.3, -0.25) is 4.79 Å². The summed E-state index contributed by atoms with van der Waals surface area (Å²) in [7, 11) is 0. The molecule has 0 bridgehead atoms. The molecule has 1 aliphatic heterocycles. The molecule has 5 nitrogen and oxygen atoms in total. The first-order valence-electron chi connectivity index (χ1n) is 7.51. The first-order valence-corrected chi connectivity index (χ1v) is 7.51. The van der Waals surface area contributed by atoms with Crippen LogP contribution < -0.4 is 11.1 Å². The minimum atomic E-state index is -4.76. The Hall–Kier alpha value is -2.46. The molecule has 0 saturated carbocycles. The number of carbonyl (C=O) groups is 2. The molecule has 11 heteroatoms. The summed E-state index contributed by atoms with van der Waals surface area (Å²) in [6.07, 6.45) is -8.08. The van der Waals surface area contributed by atoms with Gasteiger partial charge in [0.15, 0.2) is 0 Å². The Morgan fingerprint density at radius 3 is 2.50 bits per heavy atom. The van der Waals surface area contributed by atoms with Gasteiger partial charge in [-0.1, -0.05) is 0 Å². The number of carbonyl (C=O) groups excluding carboxylic acids is 2. The van der Waals surface area contributed by atoms with E-state index in [0.717, 1.165) is 0 Å². The number of nitrogens with zero attached hydrogens (tertiary/aromatic N) is 1. The summed E-state index contributed by atoms with van der Waals surface area (Å²) in [6.45, 7) is -0.791. The van der Waals surface area contributed by atoms with E-state index in [1.54, 1.807) is 0 Å². The van der Waals surface area contributed by atoms with Crippen molar-refractivity contribution in [3.63, 3.8) is 0 Å². The number of benzene rings is 1. The molecular formula is C15H15F6N3O2. The van der Waals surface area contributed by atoms with Crippen LogP contribution >= 0.6 is 0 Å². The molecule has 3 N–H and O–H groups in total. The molecule has 1 aromatic rings. The number of urea groups is 1. The fourth-order valence-electron chi connectivity index (χ4n) is 2.80. The molecule has 1 saturated heterocycles. The van der Waals surface area contributed by atoms with E-state index in [9.17, 15) is 35.9 Å². The standard InChI is InChI=1S/C15H15F6N3O2/c16-9-2-1-8(15(19,20)21)5-7(9)6-24-11(12(17)18)4-3-10(13(24)25)23-14(22)26/h1-2,5,10-12H,3-4,6H2,(H3,22,23,26)/t10-,11+/m1/s1. The van der Waals surface area contributed by atoms with Crippen molar-refractivity contribution in [1.29, 1.82) is 0 Å². The molecule has 2 atom stereocenters. The maximum Gasteiger partial charge on any atom is 0.416 e. The zero-order valence-corrected chi connectivity index (χ0v) is 13.2. The van der Waals surface area contributed by atoms with Crippen LogP contribution in [0.25, 0.3) is 0 Å². The van der Waals surface area contributed by atoms with Crippen molar-refractivity contribution in [1.82, 2.24) is 10.2 Å². The molecule has 2 rings (SSSR count). The highest BCUT2D eigenvalue weighted by molar-refractivity contribution is 5.87. The number of nitrogens with one attached hydrogen (secondary N) is 1. The van der Waals surface area contributed by atoms with E-state index in [2.05, 4.69) is 5.32 Å². The summed E-state index contributed by atoms with van der Waals surface area (Å²) in [5.74, 6) is -2.03. The molecule has 26 heavy (non-hydrogen) atoms. The first-order chi connectivity index (χ1) is 12.0. The zero-order valence-electron chi connectivity index (χ0n) is 13.2. The molecule has 1 aliphatic rings. The van der Waals surface area contributed by atoms with Crippen LogP contribution in [-0.2, 0) is 17.5 Å². The summed E-state index contributed by atoms with van der Waals surface area (Å²) in [6, 6.07) is -2.32. The molecule has 0 radical (unpaired) electrons. The lowest BCUT2D eigenvalue weighted by Crippen LogP contribution is -2.58. The van der Waals surface area contributed by atoms with Crippen molar-refractivity contribution in [2.45, 2.75) is 44.1 Å². The van der Waals surface area contributed by atoms with Crippen LogP contribution in [0.5, 0.6) is 0 Å². The molecular weight excluding hydrogens is 368 g/mol. The predicted molar refractivity (Wildman–Crippen MR) is 77.5 cm³/mol. The third-order valence-electron chi connectivity index (χ3n) is 4.05. The number of halogens is 6. The topological polar surface area (TPSA) is 75.4 Å². The van der Waals surface area contributed by atoms with Crippen molar-refractivity contribution in [3.8, 4) is 0 Å². The summed E-state index contributed by atoms with van der Waals surface area (Å²) in [5.41, 5.74) is 3.19. The monoisotopic (exact) mass is 383 g/mol. The van der Waals surface area contributed by atoms with Crippen molar-refractivity contribution >= 4 is 11.9 Å². The highest BCUT2D eigenvalue weighted by atomic mass is 19.4. The van der Waals surface area contributed by atoms with Gasteiger partial charge in [0.1, 0.15) is 11.9 Å². The number of hydrogen-bond acceptors (Lipinski definition) is 2. The van der Waals surface area contributed by atoms with Gasteiger partial charge in [-0.15, -0.1) is 0 Å². The van der Waals surface area contributed by atoms with Gasteiger partial charge in [0.2, 0.25) is 5.91 Å². The number of nitrogens with two attached hydrogens (primary N) is 1. The van der Waals surface area contributed by atoms with Crippen molar-refractivity contribution in [2.24, 2.45) is 5.73 Å². The molecule has 0 aromatic heterocycles. The van der Waals surface area contributed by atoms with Gasteiger partial charge in [0, 0.05) is 12.1 Å². The summed E-state index contributed by atoms with van der Waals surface area (Å²) < 4.78 is 78.7. The smallest absolute Gasteiger partial charge is 0.352 e. The van der Waals surface area contributed by atoms with Crippen LogP contribution in [0.2, 0.25) is 0 Å². The Morgan fingerprint density at radius 1 is 1.31 bits per heavy atom. The lowest BCUT2D eigenvalue weighted by atomic mass is 9.96. The van der Waals surface area contributed by atoms with E-state index in [1.807, 2.05) is 0 Å². The number of amides is 3. The van der Waals surface area contributed by atoms with Crippen LogP contribution in [0.1, 0.15) is 24.0 Å². The molecule has 1 aromatic carbocycles. The van der Waals surface area contributed by atoms with Gasteiger partial charge < -0.3 is 16.0 Å². The number of rotatable bonds is 4. The van der Waals surface area contributed by atoms with E-state index in [0.29, 0.717) is 23.1 Å². The predicted octanol–water partition coefficient (Wildman–Crippen LogP) is 2.64. The third-order valence-corrected chi connectivity index (χ3v) is 4.05. The Morgan fingerprint density at radius 2 is 1.96 bits per heavy atom. The quantitative estimate of drug-likeness (QED) is 0.785. The van der Waals surface area contributed by atoms with E-state index < -0.39 is 60.1 Å². The SMILES string of the molecule is NC(=O)N[C@@H]1CC[C@@H](C(F)F)N(Cc2cc(C(F)(F)F)ccc2F)C1=O. The van der Waals surface area contributed by atoms with Gasteiger partial charge in [0.05, 0.1) is 11.6 Å². The molecule has 0 aliphatic carbocycles. The Kier molecular flexibility index (Phi) is 5.67. The number of likely N-dealkylation sites (tertiary alicyclic amines) is 1. The van der Waals surface area contributed by atoms with Crippen LogP contribution in [0.3, 0.4) is 0 Å². The summed E-state index contributed by atoms with van der Waals surface area (Å²) in [4.78, 5) is 23.8. The lowest BCUT2D eigenvalue weighted by molar-refractivity contribution is -0.144.